The van der Waals surface area contributed by atoms with E-state index in [1.807, 2.05) is 45.0 Å². The summed E-state index contributed by atoms with van der Waals surface area (Å²) in [5, 5.41) is 0. The Bertz CT molecular complexity index is 976. The normalized spacial score (nSPS) is 15.7. The molecule has 140 valence electrons. The van der Waals surface area contributed by atoms with Crippen molar-refractivity contribution < 1.29 is 14.3 Å². The van der Waals surface area contributed by atoms with Crippen molar-refractivity contribution in [2.24, 2.45) is 0 Å². The number of aryl methyl sites for hydroxylation is 1. The highest BCUT2D eigenvalue weighted by molar-refractivity contribution is 8.26. The van der Waals surface area contributed by atoms with Crippen molar-refractivity contribution >= 4 is 46.3 Å². The van der Waals surface area contributed by atoms with Crippen LogP contribution in [0, 0.1) is 13.8 Å². The lowest BCUT2D eigenvalue weighted by Crippen LogP contribution is -2.27. The van der Waals surface area contributed by atoms with E-state index in [1.165, 1.54) is 18.9 Å². The number of benzene rings is 1. The highest BCUT2D eigenvalue weighted by Crippen LogP contribution is 2.33. The number of hydrogen-bond acceptors (Lipinski definition) is 5. The highest BCUT2D eigenvalue weighted by Gasteiger charge is 2.30. The van der Waals surface area contributed by atoms with Crippen molar-refractivity contribution in [1.82, 2.24) is 9.47 Å². The number of rotatable bonds is 4. The summed E-state index contributed by atoms with van der Waals surface area (Å²) >= 11 is 6.61. The SMILES string of the molecule is CCN1C(=O)C(=Cc2cc(C)n(-c3cccc(C(=O)OC)c3)c2C)SC1=S. The number of thiocarbonyl (C=S) groups is 1. The number of nitrogens with zero attached hydrogens (tertiary/aromatic N) is 2. The molecule has 0 N–H and O–H groups in total. The molecule has 0 unspecified atom stereocenters. The van der Waals surface area contributed by atoms with Crippen LogP contribution in [-0.4, -0.2) is 39.3 Å². The monoisotopic (exact) mass is 400 g/mol. The molecular weight excluding hydrogens is 380 g/mol. The van der Waals surface area contributed by atoms with E-state index < -0.39 is 0 Å². The third-order valence-electron chi connectivity index (χ3n) is 4.47. The summed E-state index contributed by atoms with van der Waals surface area (Å²) in [5.41, 5.74) is 4.30. The fraction of sp³-hybridized carbons (Fsp3) is 0.250. The first kappa shape index (κ1) is 19.4. The number of methoxy groups -OCH3 is 1. The van der Waals surface area contributed by atoms with Crippen LogP contribution in [0.15, 0.2) is 35.2 Å². The molecule has 1 saturated heterocycles. The highest BCUT2D eigenvalue weighted by atomic mass is 32.2. The lowest BCUT2D eigenvalue weighted by Gasteiger charge is -2.11. The molecule has 0 radical (unpaired) electrons. The number of likely N-dealkylation sites (N-methyl/N-ethyl adjacent to an activating group) is 1. The number of ether oxygens (including phenoxy) is 1. The standard InChI is InChI=1S/C20H20N2O3S2/c1-5-21-18(23)17(27-20(21)26)11-15-9-12(2)22(13(15)3)16-8-6-7-14(10-16)19(24)25-4/h6-11H,5H2,1-4H3. The molecule has 0 aliphatic carbocycles. The topological polar surface area (TPSA) is 51.5 Å². The Morgan fingerprint density at radius 1 is 1.30 bits per heavy atom. The molecule has 1 amide bonds. The van der Waals surface area contributed by atoms with E-state index in [4.69, 9.17) is 17.0 Å². The van der Waals surface area contributed by atoms with Crippen molar-refractivity contribution in [2.75, 3.05) is 13.7 Å². The van der Waals surface area contributed by atoms with Crippen molar-refractivity contribution in [2.45, 2.75) is 20.8 Å². The summed E-state index contributed by atoms with van der Waals surface area (Å²) in [7, 11) is 1.37. The lowest BCUT2D eigenvalue weighted by molar-refractivity contribution is -0.121. The van der Waals surface area contributed by atoms with E-state index in [0.29, 0.717) is 21.3 Å². The molecule has 0 spiro atoms. The number of hydrogen-bond donors (Lipinski definition) is 0. The molecule has 1 aromatic heterocycles. The average molecular weight is 401 g/mol. The molecule has 0 atom stereocenters. The summed E-state index contributed by atoms with van der Waals surface area (Å²) in [6, 6.07) is 9.31. The van der Waals surface area contributed by atoms with Crippen LogP contribution in [0.4, 0.5) is 0 Å². The smallest absolute Gasteiger partial charge is 0.337 e. The van der Waals surface area contributed by atoms with Gasteiger partial charge in [0.1, 0.15) is 4.32 Å². The molecule has 0 saturated carbocycles. The fourth-order valence-corrected chi connectivity index (χ4v) is 4.51. The Labute approximate surface area is 168 Å². The van der Waals surface area contributed by atoms with Gasteiger partial charge in [-0.3, -0.25) is 9.69 Å². The van der Waals surface area contributed by atoms with Gasteiger partial charge in [0.2, 0.25) is 0 Å². The van der Waals surface area contributed by atoms with E-state index >= 15 is 0 Å². The second-order valence-electron chi connectivity index (χ2n) is 6.13. The zero-order valence-corrected chi connectivity index (χ0v) is 17.2. The number of aromatic nitrogens is 1. The summed E-state index contributed by atoms with van der Waals surface area (Å²) in [6.45, 7) is 6.46. The Kier molecular flexibility index (Phi) is 5.53. The van der Waals surface area contributed by atoms with Gasteiger partial charge in [-0.05, 0) is 56.7 Å². The van der Waals surface area contributed by atoms with Crippen molar-refractivity contribution in [3.63, 3.8) is 0 Å². The molecule has 27 heavy (non-hydrogen) atoms. The molecule has 1 aliphatic rings. The van der Waals surface area contributed by atoms with Gasteiger partial charge in [-0.25, -0.2) is 4.79 Å². The first-order chi connectivity index (χ1) is 12.9. The maximum atomic E-state index is 12.5. The fourth-order valence-electron chi connectivity index (χ4n) is 3.13. The zero-order valence-electron chi connectivity index (χ0n) is 15.6. The van der Waals surface area contributed by atoms with Crippen molar-refractivity contribution in [1.29, 1.82) is 0 Å². The van der Waals surface area contributed by atoms with Gasteiger partial charge in [-0.2, -0.15) is 0 Å². The molecule has 0 bridgehead atoms. The van der Waals surface area contributed by atoms with Crippen molar-refractivity contribution in [3.05, 3.63) is 57.8 Å². The van der Waals surface area contributed by atoms with Crippen LogP contribution in [0.3, 0.4) is 0 Å². The number of esters is 1. The minimum absolute atomic E-state index is 0.0509. The van der Waals surface area contributed by atoms with Gasteiger partial charge in [0.15, 0.2) is 0 Å². The Morgan fingerprint density at radius 3 is 2.67 bits per heavy atom. The number of carbonyl (C=O) groups is 2. The van der Waals surface area contributed by atoms with E-state index in [0.717, 1.165) is 22.6 Å². The summed E-state index contributed by atoms with van der Waals surface area (Å²) in [6.07, 6.45) is 1.89. The van der Waals surface area contributed by atoms with Gasteiger partial charge in [0.05, 0.1) is 17.6 Å². The van der Waals surface area contributed by atoms with Crippen molar-refractivity contribution in [3.8, 4) is 5.69 Å². The molecule has 1 aliphatic heterocycles. The van der Waals surface area contributed by atoms with Gasteiger partial charge < -0.3 is 9.30 Å². The number of thioether (sulfide) groups is 1. The zero-order chi connectivity index (χ0) is 19.7. The Balaban J connectivity index is 2.02. The van der Waals surface area contributed by atoms with Gasteiger partial charge in [0, 0.05) is 23.6 Å². The van der Waals surface area contributed by atoms with Gasteiger partial charge in [-0.1, -0.05) is 30.0 Å². The number of carbonyl (C=O) groups excluding carboxylic acids is 2. The third-order valence-corrected chi connectivity index (χ3v) is 5.85. The van der Waals surface area contributed by atoms with Gasteiger partial charge in [-0.15, -0.1) is 0 Å². The third kappa shape index (κ3) is 3.57. The van der Waals surface area contributed by atoms with Crippen LogP contribution in [0.2, 0.25) is 0 Å². The molecule has 2 aromatic rings. The first-order valence-corrected chi connectivity index (χ1v) is 9.73. The minimum atomic E-state index is -0.372. The predicted octanol–water partition coefficient (Wildman–Crippen LogP) is 4.10. The lowest BCUT2D eigenvalue weighted by atomic mass is 10.2. The molecule has 1 aromatic carbocycles. The van der Waals surface area contributed by atoms with E-state index in [-0.39, 0.29) is 11.9 Å². The van der Waals surface area contributed by atoms with Crippen LogP contribution in [0.1, 0.15) is 34.2 Å². The van der Waals surface area contributed by atoms with Gasteiger partial charge in [0.25, 0.3) is 5.91 Å². The van der Waals surface area contributed by atoms with E-state index in [1.54, 1.807) is 17.0 Å². The van der Waals surface area contributed by atoms with Gasteiger partial charge >= 0.3 is 5.97 Å². The number of amides is 1. The van der Waals surface area contributed by atoms with Crippen LogP contribution in [0.5, 0.6) is 0 Å². The molecule has 3 rings (SSSR count). The van der Waals surface area contributed by atoms with Crippen LogP contribution in [0.25, 0.3) is 11.8 Å². The summed E-state index contributed by atoms with van der Waals surface area (Å²) < 4.78 is 7.45. The maximum absolute atomic E-state index is 12.5. The molecule has 5 nitrogen and oxygen atoms in total. The van der Waals surface area contributed by atoms with Crippen LogP contribution < -0.4 is 0 Å². The minimum Gasteiger partial charge on any atom is -0.465 e. The van der Waals surface area contributed by atoms with Crippen LogP contribution >= 0.6 is 24.0 Å². The van der Waals surface area contributed by atoms with E-state index in [2.05, 4.69) is 4.57 Å². The second kappa shape index (κ2) is 7.70. The predicted molar refractivity (Wildman–Crippen MR) is 112 cm³/mol. The Hall–Kier alpha value is -2.38. The maximum Gasteiger partial charge on any atom is 0.337 e. The molecule has 1 fully saturated rings. The molecule has 7 heteroatoms. The molecule has 2 heterocycles. The molecular formula is C20H20N2O3S2. The first-order valence-electron chi connectivity index (χ1n) is 8.50. The second-order valence-corrected chi connectivity index (χ2v) is 7.81. The average Bonchev–Trinajstić information content (AvgIpc) is 3.09. The quantitative estimate of drug-likeness (QED) is 0.439. The largest absolute Gasteiger partial charge is 0.465 e. The van der Waals surface area contributed by atoms with E-state index in [9.17, 15) is 9.59 Å². The Morgan fingerprint density at radius 2 is 2.04 bits per heavy atom. The summed E-state index contributed by atoms with van der Waals surface area (Å²) in [4.78, 5) is 26.5. The van der Waals surface area contributed by atoms with Crippen LogP contribution in [-0.2, 0) is 9.53 Å². The summed E-state index contributed by atoms with van der Waals surface area (Å²) in [5.74, 6) is -0.423.